The monoisotopic (exact) mass is 535 g/mol. The van der Waals surface area contributed by atoms with Crippen molar-refractivity contribution in [3.8, 4) is 0 Å². The van der Waals surface area contributed by atoms with Crippen LogP contribution in [0.2, 0.25) is 0 Å². The molecule has 2 N–H and O–H groups in total. The van der Waals surface area contributed by atoms with E-state index in [0.717, 1.165) is 0 Å². The summed E-state index contributed by atoms with van der Waals surface area (Å²) in [5.41, 5.74) is -7.13. The van der Waals surface area contributed by atoms with Gasteiger partial charge in [0, 0.05) is 0 Å². The Hall–Kier alpha value is -1.51. The van der Waals surface area contributed by atoms with Crippen molar-refractivity contribution >= 4 is 0 Å². The molecule has 0 aliphatic carbocycles. The van der Waals surface area contributed by atoms with Gasteiger partial charge in [-0.2, -0.15) is 92.2 Å². The number of halogens is 21. The molecular formula is C10H2F21N. The second-order valence-corrected chi connectivity index (χ2v) is 5.74. The van der Waals surface area contributed by atoms with Crippen LogP contribution in [0.25, 0.3) is 0 Å². The van der Waals surface area contributed by atoms with E-state index in [1.165, 1.54) is 0 Å². The Kier molecular flexibility index (Phi) is 6.67. The molecule has 22 heteroatoms. The van der Waals surface area contributed by atoms with Crippen LogP contribution >= 0.6 is 0 Å². The molecule has 0 aromatic heterocycles. The molecule has 32 heavy (non-hydrogen) atoms. The van der Waals surface area contributed by atoms with Crippen molar-refractivity contribution in [1.82, 2.24) is 0 Å². The van der Waals surface area contributed by atoms with Gasteiger partial charge in [0.2, 0.25) is 0 Å². The van der Waals surface area contributed by atoms with E-state index in [1.54, 1.807) is 0 Å². The van der Waals surface area contributed by atoms with Crippen LogP contribution in [-0.2, 0) is 0 Å². The van der Waals surface area contributed by atoms with Crippen LogP contribution in [0.3, 0.4) is 0 Å². The molecule has 0 spiro atoms. The molecule has 0 fully saturated rings. The third-order valence-electron chi connectivity index (χ3n) is 3.76. The van der Waals surface area contributed by atoms with E-state index in [2.05, 4.69) is 5.73 Å². The molecule has 0 bridgehead atoms. The van der Waals surface area contributed by atoms with Crippen molar-refractivity contribution in [2.24, 2.45) is 11.1 Å². The highest BCUT2D eigenvalue weighted by atomic mass is 19.4. The summed E-state index contributed by atoms with van der Waals surface area (Å²) < 4.78 is 272. The van der Waals surface area contributed by atoms with Crippen molar-refractivity contribution in [3.63, 3.8) is 0 Å². The Balaban J connectivity index is 8.55. The highest BCUT2D eigenvalue weighted by molar-refractivity contribution is 5.25. The lowest BCUT2D eigenvalue weighted by Crippen LogP contribution is -2.84. The van der Waals surface area contributed by atoms with Crippen molar-refractivity contribution in [2.45, 2.75) is 54.2 Å². The Morgan fingerprint density at radius 2 is 0.469 bits per heavy atom. The predicted molar refractivity (Wildman–Crippen MR) is 54.5 cm³/mol. The van der Waals surface area contributed by atoms with Crippen molar-refractivity contribution in [3.05, 3.63) is 0 Å². The normalized spacial score (nSPS) is 17.1. The number of hydrogen-bond acceptors (Lipinski definition) is 1. The average Bonchev–Trinajstić information content (AvgIpc) is 2.40. The van der Waals surface area contributed by atoms with Crippen molar-refractivity contribution in [1.29, 1.82) is 0 Å². The SMILES string of the molecule is NC(F)(F)C(F)(F)C(F)(F)C(C(F)(F)C(F)(F)F)(C(F)(F)C(F)(F)F)C(F)(F)C(F)(F)F. The molecule has 1 nitrogen and oxygen atoms in total. The van der Waals surface area contributed by atoms with Crippen LogP contribution in [-0.4, -0.2) is 54.2 Å². The lowest BCUT2D eigenvalue weighted by molar-refractivity contribution is -0.531. The zero-order valence-electron chi connectivity index (χ0n) is 13.5. The number of hydrogen-bond donors (Lipinski definition) is 1. The summed E-state index contributed by atoms with van der Waals surface area (Å²) in [7, 11) is 0. The fraction of sp³-hybridized carbons (Fsp3) is 1.00. The molecule has 0 aromatic carbocycles. The van der Waals surface area contributed by atoms with Gasteiger partial charge in [0.25, 0.3) is 5.41 Å². The average molecular weight is 535 g/mol. The van der Waals surface area contributed by atoms with Gasteiger partial charge < -0.3 is 0 Å². The van der Waals surface area contributed by atoms with Gasteiger partial charge in [0.15, 0.2) is 0 Å². The fourth-order valence-corrected chi connectivity index (χ4v) is 2.27. The van der Waals surface area contributed by atoms with Crippen molar-refractivity contribution in [2.75, 3.05) is 0 Å². The van der Waals surface area contributed by atoms with Crippen LogP contribution in [0.15, 0.2) is 0 Å². The maximum absolute atomic E-state index is 13.8. The Bertz CT molecular complexity index is 619. The summed E-state index contributed by atoms with van der Waals surface area (Å²) in [5, 5.41) is 0. The summed E-state index contributed by atoms with van der Waals surface area (Å²) in [4.78, 5) is 0. The largest absolute Gasteiger partial charge is 0.454 e. The van der Waals surface area contributed by atoms with Crippen LogP contribution < -0.4 is 5.73 Å². The molecule has 194 valence electrons. The van der Waals surface area contributed by atoms with E-state index in [-0.39, 0.29) is 0 Å². The van der Waals surface area contributed by atoms with Crippen LogP contribution in [0.1, 0.15) is 0 Å². The molecule has 0 saturated carbocycles. The minimum atomic E-state index is -10.0. The predicted octanol–water partition coefficient (Wildman–Crippen LogP) is 6.39. The topological polar surface area (TPSA) is 26.0 Å². The van der Waals surface area contributed by atoms with Gasteiger partial charge in [0.05, 0.1) is 0 Å². The van der Waals surface area contributed by atoms with Gasteiger partial charge in [-0.3, -0.25) is 5.73 Å². The second-order valence-electron chi connectivity index (χ2n) is 5.74. The molecule has 0 atom stereocenters. The van der Waals surface area contributed by atoms with Gasteiger partial charge in [-0.25, -0.2) is 0 Å². The molecule has 0 amide bonds. The molecule has 0 heterocycles. The smallest absolute Gasteiger partial charge is 0.267 e. The molecule has 0 rings (SSSR count). The number of rotatable bonds is 6. The molecule has 0 aliphatic rings. The van der Waals surface area contributed by atoms with Crippen molar-refractivity contribution < 1.29 is 92.2 Å². The standard InChI is InChI=1S/C10H2F21N/c11-2(12,6(19,20)10(30,31)32)1(3(13,14)7(21,22)23,4(15,16)8(24,25)26)5(17,18)9(27,28)29/h32H2. The molecule has 0 radical (unpaired) electrons. The summed E-state index contributed by atoms with van der Waals surface area (Å²) in [6.07, 6.45) is -26.3. The van der Waals surface area contributed by atoms with Crippen LogP contribution in [0, 0.1) is 5.41 Å². The first-order valence-electron chi connectivity index (χ1n) is 6.51. The first-order chi connectivity index (χ1) is 13.2. The van der Waals surface area contributed by atoms with Crippen LogP contribution in [0.4, 0.5) is 92.2 Å². The van der Waals surface area contributed by atoms with Gasteiger partial charge in [-0.1, -0.05) is 0 Å². The summed E-state index contributed by atoms with van der Waals surface area (Å²) in [5.74, 6) is -46.9. The lowest BCUT2D eigenvalue weighted by atomic mass is 9.62. The summed E-state index contributed by atoms with van der Waals surface area (Å²) in [6.45, 7) is 0. The van der Waals surface area contributed by atoms with Crippen LogP contribution in [0.5, 0.6) is 0 Å². The third kappa shape index (κ3) is 3.41. The van der Waals surface area contributed by atoms with E-state index in [1.807, 2.05) is 0 Å². The third-order valence-corrected chi connectivity index (χ3v) is 3.76. The van der Waals surface area contributed by atoms with Gasteiger partial charge in [0.1, 0.15) is 0 Å². The fourth-order valence-electron chi connectivity index (χ4n) is 2.27. The molecule has 0 unspecified atom stereocenters. The summed E-state index contributed by atoms with van der Waals surface area (Å²) >= 11 is 0. The zero-order valence-corrected chi connectivity index (χ0v) is 13.5. The highest BCUT2D eigenvalue weighted by Crippen LogP contribution is 2.76. The first-order valence-corrected chi connectivity index (χ1v) is 6.51. The van der Waals surface area contributed by atoms with E-state index in [4.69, 9.17) is 0 Å². The summed E-state index contributed by atoms with van der Waals surface area (Å²) in [6, 6.07) is -7.52. The van der Waals surface area contributed by atoms with Gasteiger partial charge in [-0.05, 0) is 0 Å². The Labute approximate surface area is 159 Å². The molecule has 0 aliphatic heterocycles. The maximum Gasteiger partial charge on any atom is 0.454 e. The highest BCUT2D eigenvalue weighted by Gasteiger charge is 3.06. The first kappa shape index (κ1) is 30.5. The molecule has 0 saturated heterocycles. The second kappa shape index (κ2) is 7.00. The Morgan fingerprint density at radius 1 is 0.281 bits per heavy atom. The van der Waals surface area contributed by atoms with Gasteiger partial charge >= 0.3 is 54.2 Å². The number of nitrogens with two attached hydrogens (primary N) is 1. The quantitative estimate of drug-likeness (QED) is 0.310. The van der Waals surface area contributed by atoms with E-state index in [9.17, 15) is 92.2 Å². The molecular weight excluding hydrogens is 533 g/mol. The zero-order chi connectivity index (χ0) is 27.0. The minimum absolute atomic E-state index is 2.91. The Morgan fingerprint density at radius 3 is 0.594 bits per heavy atom. The van der Waals surface area contributed by atoms with E-state index >= 15 is 0 Å². The van der Waals surface area contributed by atoms with E-state index in [0.29, 0.717) is 0 Å². The van der Waals surface area contributed by atoms with E-state index < -0.39 is 59.6 Å². The maximum atomic E-state index is 13.8. The lowest BCUT2D eigenvalue weighted by Gasteiger charge is -2.53. The molecule has 0 aromatic rings. The minimum Gasteiger partial charge on any atom is -0.267 e. The van der Waals surface area contributed by atoms with Gasteiger partial charge in [-0.15, -0.1) is 0 Å². The number of alkyl halides is 21.